The number of anilines is 1. The first-order chi connectivity index (χ1) is 9.24. The molecule has 1 aromatic carbocycles. The molecule has 0 unspecified atom stereocenters. The number of hydrogen-bond acceptors (Lipinski definition) is 4. The fourth-order valence-electron chi connectivity index (χ4n) is 1.78. The average molecular weight is 275 g/mol. The third-order valence-electron chi connectivity index (χ3n) is 2.68. The van der Waals surface area contributed by atoms with Crippen molar-refractivity contribution in [2.45, 2.75) is 6.61 Å². The maximum absolute atomic E-state index is 6.07. The molecule has 0 saturated carbocycles. The first-order valence-electron chi connectivity index (χ1n) is 5.69. The molecule has 5 nitrogen and oxygen atoms in total. The summed E-state index contributed by atoms with van der Waals surface area (Å²) in [5, 5.41) is 0.658. The van der Waals surface area contributed by atoms with Gasteiger partial charge >= 0.3 is 0 Å². The first kappa shape index (κ1) is 11.8. The quantitative estimate of drug-likeness (QED) is 0.797. The summed E-state index contributed by atoms with van der Waals surface area (Å²) in [4.78, 5) is 8.33. The minimum atomic E-state index is 0.318. The van der Waals surface area contributed by atoms with Crippen LogP contribution in [0, 0.1) is 0 Å². The molecule has 0 saturated heterocycles. The van der Waals surface area contributed by atoms with E-state index < -0.39 is 0 Å². The molecule has 2 aromatic heterocycles. The summed E-state index contributed by atoms with van der Waals surface area (Å²) < 4.78 is 7.43. The van der Waals surface area contributed by atoms with E-state index in [-0.39, 0.29) is 0 Å². The minimum absolute atomic E-state index is 0.318. The topological polar surface area (TPSA) is 65.4 Å². The van der Waals surface area contributed by atoms with Gasteiger partial charge in [0.15, 0.2) is 0 Å². The maximum atomic E-state index is 6.07. The lowest BCUT2D eigenvalue weighted by atomic mass is 10.2. The highest BCUT2D eigenvalue weighted by Gasteiger charge is 2.08. The van der Waals surface area contributed by atoms with Crippen molar-refractivity contribution < 1.29 is 4.74 Å². The third-order valence-corrected chi connectivity index (χ3v) is 3.05. The van der Waals surface area contributed by atoms with Crippen molar-refractivity contribution in [3.63, 3.8) is 0 Å². The molecule has 96 valence electrons. The van der Waals surface area contributed by atoms with Crippen LogP contribution in [0.5, 0.6) is 5.88 Å². The smallest absolute Gasteiger partial charge is 0.260 e. The molecular formula is C13H11ClN4O. The van der Waals surface area contributed by atoms with Crippen LogP contribution in [0.3, 0.4) is 0 Å². The van der Waals surface area contributed by atoms with Crippen LogP contribution < -0.4 is 10.5 Å². The van der Waals surface area contributed by atoms with Gasteiger partial charge in [0, 0.05) is 23.0 Å². The van der Waals surface area contributed by atoms with Gasteiger partial charge in [-0.3, -0.25) is 4.40 Å². The Balaban J connectivity index is 1.90. The van der Waals surface area contributed by atoms with Gasteiger partial charge < -0.3 is 10.5 Å². The number of nitrogens with two attached hydrogens (primary N) is 1. The summed E-state index contributed by atoms with van der Waals surface area (Å²) >= 11 is 6.07. The van der Waals surface area contributed by atoms with Crippen LogP contribution >= 0.6 is 11.6 Å². The summed E-state index contributed by atoms with van der Waals surface area (Å²) in [6, 6.07) is 7.50. The second kappa shape index (κ2) is 4.78. The normalized spacial score (nSPS) is 10.8. The van der Waals surface area contributed by atoms with E-state index in [1.54, 1.807) is 23.0 Å². The summed E-state index contributed by atoms with van der Waals surface area (Å²) in [7, 11) is 0. The molecule has 0 aliphatic rings. The Kier molecular flexibility index (Phi) is 2.97. The number of aromatic nitrogens is 3. The lowest BCUT2D eigenvalue weighted by molar-refractivity contribution is 0.296. The zero-order valence-electron chi connectivity index (χ0n) is 9.95. The monoisotopic (exact) mass is 274 g/mol. The summed E-state index contributed by atoms with van der Waals surface area (Å²) in [6.45, 7) is 0.318. The molecule has 2 heterocycles. The van der Waals surface area contributed by atoms with E-state index in [2.05, 4.69) is 9.97 Å². The van der Waals surface area contributed by atoms with E-state index >= 15 is 0 Å². The first-order valence-corrected chi connectivity index (χ1v) is 6.07. The Labute approximate surface area is 114 Å². The summed E-state index contributed by atoms with van der Waals surface area (Å²) in [5.74, 6) is 0.768. The molecule has 0 aliphatic carbocycles. The van der Waals surface area contributed by atoms with Crippen molar-refractivity contribution in [1.82, 2.24) is 14.4 Å². The number of nitrogens with zero attached hydrogens (tertiary/aromatic N) is 3. The Bertz CT molecular complexity index is 725. The van der Waals surface area contributed by atoms with Crippen LogP contribution in [0.4, 0.5) is 5.82 Å². The Hall–Kier alpha value is -2.27. The Morgan fingerprint density at radius 1 is 1.32 bits per heavy atom. The molecule has 0 atom stereocenters. The van der Waals surface area contributed by atoms with Crippen molar-refractivity contribution in [1.29, 1.82) is 0 Å². The molecule has 0 fully saturated rings. The molecule has 3 rings (SSSR count). The molecule has 0 amide bonds. The predicted octanol–water partition coefficient (Wildman–Crippen LogP) is 2.54. The van der Waals surface area contributed by atoms with Gasteiger partial charge in [0.1, 0.15) is 12.4 Å². The van der Waals surface area contributed by atoms with Gasteiger partial charge in [-0.2, -0.15) is 4.98 Å². The second-order valence-corrected chi connectivity index (χ2v) is 4.42. The molecule has 2 N–H and O–H groups in total. The largest absolute Gasteiger partial charge is 0.470 e. The van der Waals surface area contributed by atoms with Gasteiger partial charge in [-0.15, -0.1) is 0 Å². The van der Waals surface area contributed by atoms with E-state index in [0.29, 0.717) is 29.0 Å². The van der Waals surface area contributed by atoms with Crippen molar-refractivity contribution in [3.05, 3.63) is 53.4 Å². The van der Waals surface area contributed by atoms with E-state index in [1.165, 1.54) is 0 Å². The van der Waals surface area contributed by atoms with Gasteiger partial charge in [0.25, 0.3) is 5.88 Å². The van der Waals surface area contributed by atoms with Crippen molar-refractivity contribution in [2.75, 3.05) is 5.73 Å². The Morgan fingerprint density at radius 2 is 2.16 bits per heavy atom. The molecule has 0 aliphatic heterocycles. The maximum Gasteiger partial charge on any atom is 0.260 e. The highest BCUT2D eigenvalue weighted by molar-refractivity contribution is 6.31. The zero-order valence-corrected chi connectivity index (χ0v) is 10.7. The predicted molar refractivity (Wildman–Crippen MR) is 73.2 cm³/mol. The number of imidazole rings is 1. The van der Waals surface area contributed by atoms with E-state index in [9.17, 15) is 0 Å². The number of rotatable bonds is 3. The number of ether oxygens (including phenoxy) is 1. The molecule has 19 heavy (non-hydrogen) atoms. The van der Waals surface area contributed by atoms with Crippen LogP contribution in [-0.4, -0.2) is 14.4 Å². The zero-order chi connectivity index (χ0) is 13.2. The summed E-state index contributed by atoms with van der Waals surface area (Å²) in [5.41, 5.74) is 7.23. The van der Waals surface area contributed by atoms with Crippen LogP contribution in [0.1, 0.15) is 5.56 Å². The van der Waals surface area contributed by atoms with Crippen molar-refractivity contribution in [2.24, 2.45) is 0 Å². The number of fused-ring (bicyclic) bond motifs is 1. The molecule has 0 spiro atoms. The van der Waals surface area contributed by atoms with Gasteiger partial charge in [-0.1, -0.05) is 29.8 Å². The highest BCUT2D eigenvalue weighted by atomic mass is 35.5. The number of halogens is 1. The molecule has 3 aromatic rings. The van der Waals surface area contributed by atoms with Gasteiger partial charge in [-0.05, 0) is 6.07 Å². The standard InChI is InChI=1S/C13H11ClN4O/c14-10-4-2-1-3-9(10)8-19-13-12-16-5-6-18(12)7-11(15)17-13/h1-7H,8,15H2. The van der Waals surface area contributed by atoms with E-state index in [4.69, 9.17) is 22.1 Å². The average Bonchev–Trinajstić information content (AvgIpc) is 2.85. The van der Waals surface area contributed by atoms with Crippen LogP contribution in [-0.2, 0) is 6.61 Å². The fraction of sp³-hybridized carbons (Fsp3) is 0.0769. The van der Waals surface area contributed by atoms with Crippen molar-refractivity contribution >= 4 is 23.1 Å². The van der Waals surface area contributed by atoms with Gasteiger partial charge in [-0.25, -0.2) is 4.98 Å². The molecular weight excluding hydrogens is 264 g/mol. The third kappa shape index (κ3) is 2.32. The number of hydrogen-bond donors (Lipinski definition) is 1. The van der Waals surface area contributed by atoms with Crippen molar-refractivity contribution in [3.8, 4) is 5.88 Å². The highest BCUT2D eigenvalue weighted by Crippen LogP contribution is 2.21. The molecule has 0 radical (unpaired) electrons. The number of benzene rings is 1. The lowest BCUT2D eigenvalue weighted by Crippen LogP contribution is -2.03. The van der Waals surface area contributed by atoms with Crippen LogP contribution in [0.2, 0.25) is 5.02 Å². The summed E-state index contributed by atoms with van der Waals surface area (Å²) in [6.07, 6.45) is 5.14. The van der Waals surface area contributed by atoms with Gasteiger partial charge in [0.05, 0.1) is 6.20 Å². The molecule has 6 heteroatoms. The Morgan fingerprint density at radius 3 is 3.00 bits per heavy atom. The second-order valence-electron chi connectivity index (χ2n) is 4.01. The molecule has 0 bridgehead atoms. The van der Waals surface area contributed by atoms with E-state index in [0.717, 1.165) is 5.56 Å². The van der Waals surface area contributed by atoms with Crippen LogP contribution in [0.15, 0.2) is 42.9 Å². The SMILES string of the molecule is Nc1cn2ccnc2c(OCc2ccccc2Cl)n1. The fourth-order valence-corrected chi connectivity index (χ4v) is 1.97. The minimum Gasteiger partial charge on any atom is -0.470 e. The van der Waals surface area contributed by atoms with E-state index in [1.807, 2.05) is 24.3 Å². The van der Waals surface area contributed by atoms with Crippen LogP contribution in [0.25, 0.3) is 5.65 Å². The lowest BCUT2D eigenvalue weighted by Gasteiger charge is -2.08. The number of nitrogen functional groups attached to an aromatic ring is 1. The van der Waals surface area contributed by atoms with Gasteiger partial charge in [0.2, 0.25) is 5.65 Å².